The van der Waals surface area contributed by atoms with Crippen LogP contribution in [0.4, 0.5) is 11.4 Å². The topological polar surface area (TPSA) is 83.6 Å². The molecule has 1 saturated heterocycles. The largest absolute Gasteiger partial charge is 0.324 e. The molecule has 1 aliphatic heterocycles. The number of carbonyl (C=O) groups is 4. The monoisotopic (exact) mass is 444 g/mol. The van der Waals surface area contributed by atoms with Gasteiger partial charge < -0.3 is 5.32 Å². The Balaban J connectivity index is 1.90. The Morgan fingerprint density at radius 1 is 0.889 bits per heavy atom. The van der Waals surface area contributed by atoms with Crippen LogP contribution in [0.1, 0.15) is 0 Å². The summed E-state index contributed by atoms with van der Waals surface area (Å²) in [7, 11) is 0. The standard InChI is InChI=1S/C17H8Cl4N2O4/c18-7-1-3-11(9(20)5-7)22-15(25)13-14(24)17(27)23(16(13)26)12-4-2-8(19)6-10(12)21/h1-6,13H,(H,22,25). The van der Waals surface area contributed by atoms with Crippen LogP contribution in [0.25, 0.3) is 0 Å². The maximum Gasteiger partial charge on any atom is 0.302 e. The number of imide groups is 1. The number of nitrogens with zero attached hydrogens (tertiary/aromatic N) is 1. The molecule has 1 heterocycles. The number of hydrogen-bond acceptors (Lipinski definition) is 4. The Bertz CT molecular complexity index is 1010. The minimum Gasteiger partial charge on any atom is -0.324 e. The number of benzene rings is 2. The summed E-state index contributed by atoms with van der Waals surface area (Å²) >= 11 is 23.5. The molecule has 1 unspecified atom stereocenters. The van der Waals surface area contributed by atoms with Crippen molar-refractivity contribution in [3.8, 4) is 0 Å². The highest BCUT2D eigenvalue weighted by atomic mass is 35.5. The minimum atomic E-state index is -1.85. The smallest absolute Gasteiger partial charge is 0.302 e. The molecule has 1 atom stereocenters. The molecule has 3 rings (SSSR count). The molecule has 27 heavy (non-hydrogen) atoms. The zero-order valence-corrected chi connectivity index (χ0v) is 16.2. The lowest BCUT2D eigenvalue weighted by molar-refractivity contribution is -0.139. The van der Waals surface area contributed by atoms with Crippen LogP contribution in [0, 0.1) is 5.92 Å². The number of halogens is 4. The van der Waals surface area contributed by atoms with Gasteiger partial charge in [-0.2, -0.15) is 0 Å². The maximum absolute atomic E-state index is 12.6. The fourth-order valence-corrected chi connectivity index (χ4v) is 3.44. The molecule has 0 aromatic heterocycles. The van der Waals surface area contributed by atoms with E-state index in [-0.39, 0.29) is 26.4 Å². The Morgan fingerprint density at radius 2 is 1.48 bits per heavy atom. The first-order valence-electron chi connectivity index (χ1n) is 7.34. The van der Waals surface area contributed by atoms with Gasteiger partial charge in [0.15, 0.2) is 5.92 Å². The van der Waals surface area contributed by atoms with Crippen LogP contribution in [-0.2, 0) is 19.2 Å². The van der Waals surface area contributed by atoms with Gasteiger partial charge in [0.2, 0.25) is 11.7 Å². The molecule has 1 aliphatic rings. The summed E-state index contributed by atoms with van der Waals surface area (Å²) in [4.78, 5) is 50.2. The van der Waals surface area contributed by atoms with E-state index in [1.165, 1.54) is 36.4 Å². The minimum absolute atomic E-state index is 0.0150. The number of nitrogens with one attached hydrogen (secondary N) is 1. The molecule has 2 aromatic carbocycles. The normalized spacial score (nSPS) is 16.8. The lowest BCUT2D eigenvalue weighted by atomic mass is 10.1. The van der Waals surface area contributed by atoms with Crippen LogP contribution in [0.2, 0.25) is 20.1 Å². The fourth-order valence-electron chi connectivity index (χ4n) is 2.49. The molecule has 3 amide bonds. The van der Waals surface area contributed by atoms with Gasteiger partial charge in [-0.15, -0.1) is 0 Å². The van der Waals surface area contributed by atoms with E-state index in [0.29, 0.717) is 9.92 Å². The Morgan fingerprint density at radius 3 is 2.07 bits per heavy atom. The second-order valence-corrected chi connectivity index (χ2v) is 7.17. The molecule has 1 fully saturated rings. The van der Waals surface area contributed by atoms with Crippen LogP contribution in [0.15, 0.2) is 36.4 Å². The van der Waals surface area contributed by atoms with Gasteiger partial charge in [0, 0.05) is 10.0 Å². The van der Waals surface area contributed by atoms with Gasteiger partial charge in [-0.05, 0) is 36.4 Å². The third-order valence-electron chi connectivity index (χ3n) is 3.75. The summed E-state index contributed by atoms with van der Waals surface area (Å²) in [5, 5.41) is 3.06. The Hall–Kier alpha value is -2.12. The number of Topliss-reactive ketones (excluding diaryl/α,β-unsaturated/α-hetero) is 1. The number of amides is 3. The van der Waals surface area contributed by atoms with Crippen LogP contribution in [0.3, 0.4) is 0 Å². The predicted octanol–water partition coefficient (Wildman–Crippen LogP) is 4.00. The second kappa shape index (κ2) is 7.48. The van der Waals surface area contributed by atoms with Crippen molar-refractivity contribution in [3.63, 3.8) is 0 Å². The molecule has 1 N–H and O–H groups in total. The molecule has 0 bridgehead atoms. The van der Waals surface area contributed by atoms with Crippen molar-refractivity contribution in [2.24, 2.45) is 5.92 Å². The highest BCUT2D eigenvalue weighted by Gasteiger charge is 2.52. The van der Waals surface area contributed by atoms with Gasteiger partial charge in [0.25, 0.3) is 5.91 Å². The van der Waals surface area contributed by atoms with E-state index >= 15 is 0 Å². The summed E-state index contributed by atoms with van der Waals surface area (Å²) < 4.78 is 0. The molecule has 0 aliphatic carbocycles. The summed E-state index contributed by atoms with van der Waals surface area (Å²) in [6, 6.07) is 8.26. The van der Waals surface area contributed by atoms with E-state index in [1.54, 1.807) is 0 Å². The van der Waals surface area contributed by atoms with E-state index < -0.39 is 29.4 Å². The first-order chi connectivity index (χ1) is 12.7. The molecule has 10 heteroatoms. The third kappa shape index (κ3) is 3.66. The van der Waals surface area contributed by atoms with Crippen molar-refractivity contribution < 1.29 is 19.2 Å². The van der Waals surface area contributed by atoms with E-state index in [9.17, 15) is 19.2 Å². The van der Waals surface area contributed by atoms with Gasteiger partial charge in [0.05, 0.1) is 21.4 Å². The molecule has 0 spiro atoms. The zero-order valence-electron chi connectivity index (χ0n) is 13.1. The highest BCUT2D eigenvalue weighted by Crippen LogP contribution is 2.33. The maximum atomic E-state index is 12.6. The van der Waals surface area contributed by atoms with Gasteiger partial charge >= 0.3 is 5.91 Å². The first kappa shape index (κ1) is 19.6. The number of carbonyl (C=O) groups excluding carboxylic acids is 4. The van der Waals surface area contributed by atoms with E-state index in [2.05, 4.69) is 5.32 Å². The number of anilines is 2. The quantitative estimate of drug-likeness (QED) is 0.439. The fraction of sp³-hybridized carbons (Fsp3) is 0.0588. The van der Waals surface area contributed by atoms with Crippen molar-refractivity contribution in [2.75, 3.05) is 10.2 Å². The van der Waals surface area contributed by atoms with Crippen molar-refractivity contribution in [2.45, 2.75) is 0 Å². The Kier molecular flexibility index (Phi) is 5.44. The third-order valence-corrected chi connectivity index (χ3v) is 4.83. The highest BCUT2D eigenvalue weighted by molar-refractivity contribution is 6.60. The van der Waals surface area contributed by atoms with Crippen molar-refractivity contribution in [1.29, 1.82) is 0 Å². The molecule has 138 valence electrons. The van der Waals surface area contributed by atoms with Crippen molar-refractivity contribution in [1.82, 2.24) is 0 Å². The number of hydrogen-bond donors (Lipinski definition) is 1. The number of rotatable bonds is 3. The average Bonchev–Trinajstić information content (AvgIpc) is 2.80. The van der Waals surface area contributed by atoms with Crippen molar-refractivity contribution in [3.05, 3.63) is 56.5 Å². The second-order valence-electron chi connectivity index (χ2n) is 5.49. The van der Waals surface area contributed by atoms with Crippen LogP contribution >= 0.6 is 46.4 Å². The SMILES string of the molecule is O=C(Nc1ccc(Cl)cc1Cl)C1C(=O)C(=O)N(c2ccc(Cl)cc2Cl)C1=O. The summed E-state index contributed by atoms with van der Waals surface area (Å²) in [5.74, 6) is -6.19. The molecule has 0 saturated carbocycles. The lowest BCUT2D eigenvalue weighted by Gasteiger charge is -2.15. The molecule has 0 radical (unpaired) electrons. The van der Waals surface area contributed by atoms with E-state index in [0.717, 1.165) is 0 Å². The Labute approximate surface area is 172 Å². The predicted molar refractivity (Wildman–Crippen MR) is 103 cm³/mol. The van der Waals surface area contributed by atoms with Crippen LogP contribution in [0.5, 0.6) is 0 Å². The van der Waals surface area contributed by atoms with E-state index in [1.807, 2.05) is 0 Å². The van der Waals surface area contributed by atoms with Gasteiger partial charge in [-0.1, -0.05) is 46.4 Å². The van der Waals surface area contributed by atoms with Crippen LogP contribution < -0.4 is 10.2 Å². The summed E-state index contributed by atoms with van der Waals surface area (Å²) in [5.41, 5.74) is 0.103. The molecular weight excluding hydrogens is 438 g/mol. The number of ketones is 1. The average molecular weight is 446 g/mol. The molecular formula is C17H8Cl4N2O4. The summed E-state index contributed by atoms with van der Waals surface area (Å²) in [6.07, 6.45) is 0. The molecule has 2 aromatic rings. The van der Waals surface area contributed by atoms with Gasteiger partial charge in [-0.25, -0.2) is 4.90 Å². The summed E-state index contributed by atoms with van der Waals surface area (Å²) in [6.45, 7) is 0. The van der Waals surface area contributed by atoms with Crippen molar-refractivity contribution >= 4 is 81.3 Å². The van der Waals surface area contributed by atoms with Gasteiger partial charge in [0.1, 0.15) is 0 Å². The molecule has 6 nitrogen and oxygen atoms in total. The zero-order chi connectivity index (χ0) is 19.9. The van der Waals surface area contributed by atoms with Crippen LogP contribution in [-0.4, -0.2) is 23.5 Å². The first-order valence-corrected chi connectivity index (χ1v) is 8.85. The lowest BCUT2D eigenvalue weighted by Crippen LogP contribution is -2.35. The van der Waals surface area contributed by atoms with Gasteiger partial charge in [-0.3, -0.25) is 19.2 Å². The van der Waals surface area contributed by atoms with E-state index in [4.69, 9.17) is 46.4 Å².